The van der Waals surface area contributed by atoms with Crippen molar-refractivity contribution in [3.05, 3.63) is 58.6 Å². The maximum absolute atomic E-state index is 17.8. The second kappa shape index (κ2) is 13.7. The molecule has 0 unspecified atom stereocenters. The highest BCUT2D eigenvalue weighted by molar-refractivity contribution is 6.30. The molecule has 1 amide bonds. The molecule has 4 fully saturated rings. The number of ether oxygens (including phenoxy) is 1. The first-order valence-corrected chi connectivity index (χ1v) is 17.6. The van der Waals surface area contributed by atoms with Crippen molar-refractivity contribution in [2.75, 3.05) is 44.7 Å². The molecule has 4 aliphatic rings. The van der Waals surface area contributed by atoms with Crippen LogP contribution in [0.5, 0.6) is 5.75 Å². The van der Waals surface area contributed by atoms with E-state index in [1.807, 2.05) is 41.3 Å². The summed E-state index contributed by atoms with van der Waals surface area (Å²) in [7, 11) is 1.62. The number of amides is 1. The Morgan fingerprint density at radius 1 is 1.02 bits per heavy atom. The van der Waals surface area contributed by atoms with Crippen molar-refractivity contribution in [1.82, 2.24) is 9.80 Å². The van der Waals surface area contributed by atoms with Crippen LogP contribution in [0.1, 0.15) is 88.2 Å². The summed E-state index contributed by atoms with van der Waals surface area (Å²) in [5, 5.41) is 10.1. The van der Waals surface area contributed by atoms with Crippen LogP contribution < -0.4 is 9.64 Å². The van der Waals surface area contributed by atoms with Crippen LogP contribution in [0.15, 0.2) is 42.5 Å². The number of methoxy groups -OCH3 is 1. The SMILES string of the molecule is CC[C@@H]1C[C@@H](c2ccc(Cl)cc2N2CCC(C(=O)O)CC2)CN1C(=O)[C@]1(F)CN([C@H]2CC[C@H](C)CC2)C[C@H]1c1ccc(OC)cc1. The van der Waals surface area contributed by atoms with Crippen molar-refractivity contribution in [1.29, 1.82) is 0 Å². The molecule has 2 aromatic rings. The average Bonchev–Trinajstić information content (AvgIpc) is 3.67. The van der Waals surface area contributed by atoms with Gasteiger partial charge in [0.15, 0.2) is 0 Å². The van der Waals surface area contributed by atoms with Crippen molar-refractivity contribution >= 4 is 29.2 Å². The number of rotatable bonds is 8. The zero-order chi connectivity index (χ0) is 32.6. The van der Waals surface area contributed by atoms with Gasteiger partial charge >= 0.3 is 5.97 Å². The number of nitrogens with zero attached hydrogens (tertiary/aromatic N) is 3. The largest absolute Gasteiger partial charge is 0.497 e. The second-order valence-electron chi connectivity index (χ2n) is 14.3. The summed E-state index contributed by atoms with van der Waals surface area (Å²) in [4.78, 5) is 32.6. The van der Waals surface area contributed by atoms with Gasteiger partial charge in [0, 0.05) is 67.4 Å². The molecule has 7 nitrogen and oxygen atoms in total. The van der Waals surface area contributed by atoms with Gasteiger partial charge in [-0.2, -0.15) is 0 Å². The van der Waals surface area contributed by atoms with Crippen molar-refractivity contribution in [2.24, 2.45) is 11.8 Å². The van der Waals surface area contributed by atoms with E-state index in [-0.39, 0.29) is 30.3 Å². The molecule has 0 bridgehead atoms. The van der Waals surface area contributed by atoms with Crippen molar-refractivity contribution in [3.63, 3.8) is 0 Å². The summed E-state index contributed by atoms with van der Waals surface area (Å²) < 4.78 is 23.2. The van der Waals surface area contributed by atoms with Crippen LogP contribution in [0, 0.1) is 11.8 Å². The number of benzene rings is 2. The van der Waals surface area contributed by atoms with Gasteiger partial charge in [0.25, 0.3) is 5.91 Å². The van der Waals surface area contributed by atoms with E-state index < -0.39 is 17.6 Å². The van der Waals surface area contributed by atoms with E-state index in [0.717, 1.165) is 61.1 Å². The molecular weight excluding hydrogens is 605 g/mol. The summed E-state index contributed by atoms with van der Waals surface area (Å²) in [5.74, 6) is -0.547. The quantitative estimate of drug-likeness (QED) is 0.327. The normalized spacial score (nSPS) is 30.9. The fraction of sp³-hybridized carbons (Fsp3) is 0.622. The Bertz CT molecular complexity index is 1390. The number of hydrogen-bond acceptors (Lipinski definition) is 5. The minimum absolute atomic E-state index is 0.0405. The summed E-state index contributed by atoms with van der Waals surface area (Å²) in [5.41, 5.74) is 0.935. The van der Waals surface area contributed by atoms with Crippen molar-refractivity contribution in [2.45, 2.75) is 94.8 Å². The van der Waals surface area contributed by atoms with E-state index in [9.17, 15) is 14.7 Å². The third kappa shape index (κ3) is 6.49. The number of hydrogen-bond donors (Lipinski definition) is 1. The maximum atomic E-state index is 17.8. The fourth-order valence-electron chi connectivity index (χ4n) is 8.68. The van der Waals surface area contributed by atoms with Gasteiger partial charge in [0.1, 0.15) is 5.75 Å². The smallest absolute Gasteiger partial charge is 0.306 e. The zero-order valence-corrected chi connectivity index (χ0v) is 28.2. The summed E-state index contributed by atoms with van der Waals surface area (Å²) in [6, 6.07) is 13.8. The summed E-state index contributed by atoms with van der Waals surface area (Å²) in [6.07, 6.45) is 7.07. The van der Waals surface area contributed by atoms with Gasteiger partial charge in [-0.1, -0.05) is 43.6 Å². The molecule has 3 heterocycles. The number of carboxylic acid groups (broad SMARTS) is 1. The van der Waals surface area contributed by atoms with E-state index in [4.69, 9.17) is 16.3 Å². The number of anilines is 1. The van der Waals surface area contributed by atoms with Crippen LogP contribution >= 0.6 is 11.6 Å². The van der Waals surface area contributed by atoms with Crippen LogP contribution in [0.4, 0.5) is 10.1 Å². The highest BCUT2D eigenvalue weighted by atomic mass is 35.5. The topological polar surface area (TPSA) is 73.3 Å². The first-order chi connectivity index (χ1) is 22.1. The molecule has 6 rings (SSSR count). The first-order valence-electron chi connectivity index (χ1n) is 17.3. The lowest BCUT2D eigenvalue weighted by Crippen LogP contribution is -2.52. The number of carboxylic acids is 1. The second-order valence-corrected chi connectivity index (χ2v) is 14.7. The van der Waals surface area contributed by atoms with Gasteiger partial charge in [0.05, 0.1) is 13.0 Å². The summed E-state index contributed by atoms with van der Waals surface area (Å²) >= 11 is 6.49. The highest BCUT2D eigenvalue weighted by Crippen LogP contribution is 2.47. The van der Waals surface area contributed by atoms with Crippen molar-refractivity contribution in [3.8, 4) is 5.75 Å². The molecule has 2 aromatic carbocycles. The third-order valence-electron chi connectivity index (χ3n) is 11.5. The zero-order valence-electron chi connectivity index (χ0n) is 27.5. The minimum Gasteiger partial charge on any atom is -0.497 e. The molecular formula is C37H49ClFN3O4. The fourth-order valence-corrected chi connectivity index (χ4v) is 8.84. The third-order valence-corrected chi connectivity index (χ3v) is 11.8. The number of aliphatic carboxylic acids is 1. The Morgan fingerprint density at radius 3 is 2.35 bits per heavy atom. The molecule has 0 spiro atoms. The predicted molar refractivity (Wildman–Crippen MR) is 180 cm³/mol. The molecule has 1 aliphatic carbocycles. The first kappa shape index (κ1) is 33.1. The molecule has 0 aromatic heterocycles. The van der Waals surface area contributed by atoms with E-state index >= 15 is 4.39 Å². The molecule has 46 heavy (non-hydrogen) atoms. The number of halogens is 2. The molecule has 9 heteroatoms. The van der Waals surface area contributed by atoms with E-state index in [1.165, 1.54) is 0 Å². The standard InChI is InChI=1S/C37H49ClFN3O4/c1-4-29-19-27(32-14-9-28(38)20-34(32)40-17-15-26(16-18-40)35(43)44)21-42(29)36(45)37(39)23-41(30-10-5-24(2)6-11-30)22-33(37)25-7-12-31(46-3)13-8-25/h7-9,12-14,20,24,26-27,29-30,33H,4-6,10-11,15-19,21-23H2,1-3H3,(H,43,44)/t24-,27-,29-,30-,33+,37+/m1/s1. The molecule has 1 saturated carbocycles. The molecule has 0 radical (unpaired) electrons. The maximum Gasteiger partial charge on any atom is 0.306 e. The Labute approximate surface area is 278 Å². The Balaban J connectivity index is 1.27. The van der Waals surface area contributed by atoms with E-state index in [1.54, 1.807) is 7.11 Å². The van der Waals surface area contributed by atoms with E-state index in [0.29, 0.717) is 56.0 Å². The van der Waals surface area contributed by atoms with Crippen LogP contribution in [0.3, 0.4) is 0 Å². The lowest BCUT2D eigenvalue weighted by Gasteiger charge is -2.35. The Morgan fingerprint density at radius 2 is 1.72 bits per heavy atom. The number of alkyl halides is 1. The summed E-state index contributed by atoms with van der Waals surface area (Å²) in [6.45, 7) is 6.79. The van der Waals surface area contributed by atoms with Crippen molar-refractivity contribution < 1.29 is 23.8 Å². The number of carbonyl (C=O) groups excluding carboxylic acids is 1. The van der Waals surface area contributed by atoms with Gasteiger partial charge in [-0.25, -0.2) is 4.39 Å². The predicted octanol–water partition coefficient (Wildman–Crippen LogP) is 7.13. The Kier molecular flexibility index (Phi) is 9.86. The number of carbonyl (C=O) groups is 2. The minimum atomic E-state index is -2.03. The van der Waals surface area contributed by atoms with Crippen LogP contribution in [-0.4, -0.2) is 84.4 Å². The average molecular weight is 654 g/mol. The van der Waals surface area contributed by atoms with Gasteiger partial charge in [0.2, 0.25) is 5.67 Å². The van der Waals surface area contributed by atoms with Crippen LogP contribution in [-0.2, 0) is 9.59 Å². The molecule has 4 atom stereocenters. The molecule has 250 valence electrons. The highest BCUT2D eigenvalue weighted by Gasteiger charge is 2.57. The van der Waals surface area contributed by atoms with E-state index in [2.05, 4.69) is 29.7 Å². The van der Waals surface area contributed by atoms with Gasteiger partial charge in [-0.15, -0.1) is 0 Å². The molecule has 3 saturated heterocycles. The number of likely N-dealkylation sites (tertiary alicyclic amines) is 2. The lowest BCUT2D eigenvalue weighted by atomic mass is 9.85. The monoisotopic (exact) mass is 653 g/mol. The number of piperidine rings is 1. The lowest BCUT2D eigenvalue weighted by molar-refractivity contribution is -0.145. The Hall–Kier alpha value is -2.84. The van der Waals surface area contributed by atoms with Crippen LogP contribution in [0.25, 0.3) is 0 Å². The molecule has 1 N–H and O–H groups in total. The van der Waals surface area contributed by atoms with Gasteiger partial charge < -0.3 is 19.6 Å². The molecule has 3 aliphatic heterocycles. The van der Waals surface area contributed by atoms with Gasteiger partial charge in [-0.3, -0.25) is 14.5 Å². The van der Waals surface area contributed by atoms with Crippen LogP contribution in [0.2, 0.25) is 5.02 Å². The van der Waals surface area contributed by atoms with Gasteiger partial charge in [-0.05, 0) is 92.7 Å².